The summed E-state index contributed by atoms with van der Waals surface area (Å²) in [6.07, 6.45) is 1.71. The molecule has 2 N–H and O–H groups in total. The summed E-state index contributed by atoms with van der Waals surface area (Å²) in [7, 11) is 0. The zero-order valence-electron chi connectivity index (χ0n) is 13.5. The average Bonchev–Trinajstić information content (AvgIpc) is 2.82. The molecule has 0 bridgehead atoms. The van der Waals surface area contributed by atoms with E-state index in [0.29, 0.717) is 35.5 Å². The molecule has 24 heavy (non-hydrogen) atoms. The first kappa shape index (κ1) is 18.7. The van der Waals surface area contributed by atoms with E-state index in [1.807, 2.05) is 13.8 Å². The van der Waals surface area contributed by atoms with Gasteiger partial charge in [0, 0.05) is 11.0 Å². The normalized spacial score (nSPS) is 15.8. The third-order valence-electron chi connectivity index (χ3n) is 3.29. The summed E-state index contributed by atoms with van der Waals surface area (Å²) in [4.78, 5) is 13.8. The second kappa shape index (κ2) is 8.46. The van der Waals surface area contributed by atoms with Crippen LogP contribution in [-0.2, 0) is 4.79 Å². The van der Waals surface area contributed by atoms with Gasteiger partial charge in [-0.05, 0) is 49.8 Å². The highest BCUT2D eigenvalue weighted by Gasteiger charge is 2.29. The molecule has 0 unspecified atom stereocenters. The van der Waals surface area contributed by atoms with Crippen molar-refractivity contribution in [1.82, 2.24) is 10.2 Å². The van der Waals surface area contributed by atoms with E-state index in [1.165, 1.54) is 4.90 Å². The van der Waals surface area contributed by atoms with Crippen LogP contribution in [0.25, 0.3) is 6.08 Å². The Kier molecular flexibility index (Phi) is 6.59. The lowest BCUT2D eigenvalue weighted by atomic mass is 10.1. The van der Waals surface area contributed by atoms with Crippen LogP contribution in [0.3, 0.4) is 0 Å². The van der Waals surface area contributed by atoms with E-state index < -0.39 is 0 Å². The van der Waals surface area contributed by atoms with Gasteiger partial charge in [-0.2, -0.15) is 0 Å². The van der Waals surface area contributed by atoms with Gasteiger partial charge in [-0.1, -0.05) is 15.9 Å². The lowest BCUT2D eigenvalue weighted by Crippen LogP contribution is -2.30. The molecule has 0 aliphatic carbocycles. The second-order valence-electron chi connectivity index (χ2n) is 4.86. The van der Waals surface area contributed by atoms with Gasteiger partial charge in [0.15, 0.2) is 16.6 Å². The van der Waals surface area contributed by atoms with Gasteiger partial charge in [0.05, 0.1) is 13.2 Å². The highest BCUT2D eigenvalue weighted by Crippen LogP contribution is 2.35. The molecule has 1 aliphatic heterocycles. The summed E-state index contributed by atoms with van der Waals surface area (Å²) in [5.41, 5.74) is 1.17. The summed E-state index contributed by atoms with van der Waals surface area (Å²) < 4.78 is 11.8. The Morgan fingerprint density at radius 3 is 2.62 bits per heavy atom. The van der Waals surface area contributed by atoms with Gasteiger partial charge in [-0.25, -0.2) is 0 Å². The van der Waals surface area contributed by atoms with Gasteiger partial charge in [-0.3, -0.25) is 9.69 Å². The van der Waals surface area contributed by atoms with Crippen molar-refractivity contribution < 1.29 is 19.4 Å². The number of rotatable bonds is 7. The highest BCUT2D eigenvalue weighted by atomic mass is 79.9. The maximum atomic E-state index is 12.3. The van der Waals surface area contributed by atoms with Crippen LogP contribution in [0.1, 0.15) is 19.4 Å². The van der Waals surface area contributed by atoms with Crippen LogP contribution < -0.4 is 14.8 Å². The topological polar surface area (TPSA) is 71.0 Å². The van der Waals surface area contributed by atoms with E-state index in [0.717, 1.165) is 10.0 Å². The number of carbonyl (C=O) groups is 1. The minimum Gasteiger partial charge on any atom is -0.490 e. The monoisotopic (exact) mass is 414 g/mol. The molecule has 0 aromatic heterocycles. The van der Waals surface area contributed by atoms with Crippen LogP contribution >= 0.6 is 28.1 Å². The summed E-state index contributed by atoms with van der Waals surface area (Å²) in [6.45, 7) is 4.81. The second-order valence-corrected chi connectivity index (χ2v) is 6.10. The molecule has 6 nitrogen and oxygen atoms in total. The van der Waals surface area contributed by atoms with Crippen LogP contribution in [0.15, 0.2) is 22.3 Å². The number of thiocarbonyl (C=S) groups is 1. The molecule has 8 heteroatoms. The van der Waals surface area contributed by atoms with Crippen LogP contribution in [0.2, 0.25) is 0 Å². The molecule has 1 aromatic carbocycles. The molecular weight excluding hydrogens is 396 g/mol. The number of aliphatic hydroxyl groups is 1. The minimum absolute atomic E-state index is 0.0856. The molecule has 130 valence electrons. The molecular formula is C16H19BrN2O4S. The number of benzene rings is 1. The zero-order valence-corrected chi connectivity index (χ0v) is 15.9. The number of carbonyl (C=O) groups excluding carboxylic acids is 1. The van der Waals surface area contributed by atoms with Gasteiger partial charge in [-0.15, -0.1) is 0 Å². The van der Waals surface area contributed by atoms with Gasteiger partial charge >= 0.3 is 0 Å². The number of nitrogens with one attached hydrogen (secondary N) is 1. The fourth-order valence-electron chi connectivity index (χ4n) is 2.21. The van der Waals surface area contributed by atoms with Crippen LogP contribution in [0, 0.1) is 0 Å². The third-order valence-corrected chi connectivity index (χ3v) is 4.30. The van der Waals surface area contributed by atoms with Crippen LogP contribution in [0.4, 0.5) is 0 Å². The Labute approximate surface area is 154 Å². The Bertz CT molecular complexity index is 678. The number of amides is 1. The number of halogens is 1. The molecule has 0 radical (unpaired) electrons. The van der Waals surface area contributed by atoms with Crippen LogP contribution in [0.5, 0.6) is 11.5 Å². The number of likely N-dealkylation sites (N-methyl/N-ethyl adjacent to an activating group) is 1. The van der Waals surface area contributed by atoms with Crippen molar-refractivity contribution in [2.75, 3.05) is 26.4 Å². The molecule has 1 aromatic rings. The Morgan fingerprint density at radius 1 is 1.33 bits per heavy atom. The van der Waals surface area contributed by atoms with Crippen molar-refractivity contribution in [3.05, 3.63) is 27.9 Å². The molecule has 1 amide bonds. The first-order valence-electron chi connectivity index (χ1n) is 7.56. The van der Waals surface area contributed by atoms with Gasteiger partial charge in [0.2, 0.25) is 0 Å². The van der Waals surface area contributed by atoms with Crippen molar-refractivity contribution in [3.8, 4) is 11.5 Å². The zero-order chi connectivity index (χ0) is 17.7. The lowest BCUT2D eigenvalue weighted by Gasteiger charge is -2.13. The Balaban J connectivity index is 2.37. The quantitative estimate of drug-likeness (QED) is 0.526. The van der Waals surface area contributed by atoms with Gasteiger partial charge < -0.3 is 19.9 Å². The molecule has 1 fully saturated rings. The van der Waals surface area contributed by atoms with Crippen LogP contribution in [-0.4, -0.2) is 47.4 Å². The Morgan fingerprint density at radius 2 is 2.04 bits per heavy atom. The molecule has 1 saturated heterocycles. The first-order chi connectivity index (χ1) is 11.5. The third kappa shape index (κ3) is 4.06. The summed E-state index contributed by atoms with van der Waals surface area (Å²) in [5.74, 6) is 0.908. The number of aliphatic hydroxyl groups excluding tert-OH is 1. The largest absolute Gasteiger partial charge is 0.490 e. The Hall–Kier alpha value is -1.64. The number of hydrogen-bond acceptors (Lipinski definition) is 5. The first-order valence-corrected chi connectivity index (χ1v) is 8.76. The summed E-state index contributed by atoms with van der Waals surface area (Å²) in [5, 5.41) is 12.2. The predicted octanol–water partition coefficient (Wildman–Crippen LogP) is 2.30. The van der Waals surface area contributed by atoms with Crippen molar-refractivity contribution in [1.29, 1.82) is 0 Å². The van der Waals surface area contributed by atoms with Gasteiger partial charge in [0.25, 0.3) is 5.91 Å². The molecule has 0 atom stereocenters. The van der Waals surface area contributed by atoms with E-state index in [-0.39, 0.29) is 19.1 Å². The average molecular weight is 415 g/mol. The summed E-state index contributed by atoms with van der Waals surface area (Å²) >= 11 is 8.62. The van der Waals surface area contributed by atoms with E-state index in [4.69, 9.17) is 26.8 Å². The molecule has 0 spiro atoms. The standard InChI is InChI=1S/C16H19BrN2O4S/c1-3-19-15(21)12(18-16(19)24)7-10-8-13(22-4-2)14(9-11(10)17)23-6-5-20/h7-9,20H,3-6H2,1-2H3,(H,18,24)/b12-7-. The number of nitrogens with zero attached hydrogens (tertiary/aromatic N) is 1. The maximum Gasteiger partial charge on any atom is 0.276 e. The van der Waals surface area contributed by atoms with E-state index in [2.05, 4.69) is 21.2 Å². The van der Waals surface area contributed by atoms with E-state index in [1.54, 1.807) is 18.2 Å². The maximum absolute atomic E-state index is 12.3. The minimum atomic E-state index is -0.159. The number of hydrogen-bond donors (Lipinski definition) is 2. The van der Waals surface area contributed by atoms with Crippen molar-refractivity contribution >= 4 is 45.2 Å². The predicted molar refractivity (Wildman–Crippen MR) is 99.0 cm³/mol. The number of ether oxygens (including phenoxy) is 2. The van der Waals surface area contributed by atoms with Crippen molar-refractivity contribution in [2.45, 2.75) is 13.8 Å². The fourth-order valence-corrected chi connectivity index (χ4v) is 2.97. The molecule has 1 aliphatic rings. The lowest BCUT2D eigenvalue weighted by molar-refractivity contribution is -0.122. The van der Waals surface area contributed by atoms with Crippen molar-refractivity contribution in [3.63, 3.8) is 0 Å². The van der Waals surface area contributed by atoms with Gasteiger partial charge in [0.1, 0.15) is 12.3 Å². The smallest absolute Gasteiger partial charge is 0.276 e. The SMILES string of the molecule is CCOc1cc(/C=C2\NC(=S)N(CC)C2=O)c(Br)cc1OCCO. The highest BCUT2D eigenvalue weighted by molar-refractivity contribution is 9.10. The molecule has 2 rings (SSSR count). The van der Waals surface area contributed by atoms with E-state index in [9.17, 15) is 4.79 Å². The van der Waals surface area contributed by atoms with Crippen molar-refractivity contribution in [2.24, 2.45) is 0 Å². The molecule has 1 heterocycles. The molecule has 0 saturated carbocycles. The van der Waals surface area contributed by atoms with E-state index >= 15 is 0 Å². The fraction of sp³-hybridized carbons (Fsp3) is 0.375. The summed E-state index contributed by atoms with van der Waals surface area (Å²) in [6, 6.07) is 3.53.